The summed E-state index contributed by atoms with van der Waals surface area (Å²) in [6, 6.07) is 3.75. The Hall–Kier alpha value is -1.26. The SMILES string of the molecule is Oc1ccc2c(c1O)CCC(NC1CCCC1)C2O. The number of phenols is 2. The number of hydrogen-bond donors (Lipinski definition) is 4. The van der Waals surface area contributed by atoms with Gasteiger partial charge in [-0.25, -0.2) is 0 Å². The third-order valence-electron chi connectivity index (χ3n) is 4.51. The number of aromatic hydroxyl groups is 2. The van der Waals surface area contributed by atoms with E-state index in [0.29, 0.717) is 18.0 Å². The second-order valence-corrected chi connectivity index (χ2v) is 5.74. The van der Waals surface area contributed by atoms with Crippen LogP contribution in [0.5, 0.6) is 11.5 Å². The maximum absolute atomic E-state index is 10.4. The molecule has 3 rings (SSSR count). The number of nitrogens with one attached hydrogen (secondary N) is 1. The summed E-state index contributed by atoms with van der Waals surface area (Å²) in [7, 11) is 0. The minimum atomic E-state index is -0.601. The summed E-state index contributed by atoms with van der Waals surface area (Å²) in [4.78, 5) is 0. The van der Waals surface area contributed by atoms with Gasteiger partial charge in [0.1, 0.15) is 0 Å². The maximum atomic E-state index is 10.4. The van der Waals surface area contributed by atoms with E-state index in [4.69, 9.17) is 0 Å². The molecule has 4 N–H and O–H groups in total. The fourth-order valence-electron chi connectivity index (χ4n) is 3.42. The highest BCUT2D eigenvalue weighted by Gasteiger charge is 2.32. The van der Waals surface area contributed by atoms with Gasteiger partial charge in [0.05, 0.1) is 6.10 Å². The molecule has 1 saturated carbocycles. The van der Waals surface area contributed by atoms with Crippen molar-refractivity contribution >= 4 is 0 Å². The number of aliphatic hydroxyl groups is 1. The van der Waals surface area contributed by atoms with Gasteiger partial charge < -0.3 is 20.6 Å². The molecule has 104 valence electrons. The number of hydrogen-bond acceptors (Lipinski definition) is 4. The molecule has 2 unspecified atom stereocenters. The first-order chi connectivity index (χ1) is 9.16. The molecule has 4 nitrogen and oxygen atoms in total. The highest BCUT2D eigenvalue weighted by molar-refractivity contribution is 5.51. The Balaban J connectivity index is 1.79. The third-order valence-corrected chi connectivity index (χ3v) is 4.51. The fraction of sp³-hybridized carbons (Fsp3) is 0.600. The van der Waals surface area contributed by atoms with Crippen LogP contribution in [0.4, 0.5) is 0 Å². The van der Waals surface area contributed by atoms with Gasteiger partial charge in [0.15, 0.2) is 11.5 Å². The van der Waals surface area contributed by atoms with E-state index in [1.807, 2.05) is 0 Å². The molecule has 1 fully saturated rings. The van der Waals surface area contributed by atoms with Gasteiger partial charge in [-0.1, -0.05) is 18.9 Å². The molecule has 0 aliphatic heterocycles. The van der Waals surface area contributed by atoms with Gasteiger partial charge in [-0.3, -0.25) is 0 Å². The largest absolute Gasteiger partial charge is 0.504 e. The van der Waals surface area contributed by atoms with E-state index in [9.17, 15) is 15.3 Å². The zero-order valence-electron chi connectivity index (χ0n) is 11.0. The van der Waals surface area contributed by atoms with Gasteiger partial charge in [-0.15, -0.1) is 0 Å². The molecular formula is C15H21NO3. The summed E-state index contributed by atoms with van der Waals surface area (Å²) in [5, 5.41) is 33.4. The van der Waals surface area contributed by atoms with Crippen LogP contribution in [0.1, 0.15) is 49.3 Å². The van der Waals surface area contributed by atoms with Crippen LogP contribution in [0.2, 0.25) is 0 Å². The Morgan fingerprint density at radius 1 is 1.05 bits per heavy atom. The first kappa shape index (κ1) is 12.8. The Labute approximate surface area is 113 Å². The number of rotatable bonds is 2. The Kier molecular flexibility index (Phi) is 3.37. The van der Waals surface area contributed by atoms with E-state index in [0.717, 1.165) is 12.0 Å². The predicted octanol–water partition coefficient (Wildman–Crippen LogP) is 1.98. The van der Waals surface area contributed by atoms with E-state index in [1.54, 1.807) is 6.07 Å². The topological polar surface area (TPSA) is 72.7 Å². The number of fused-ring (bicyclic) bond motifs is 1. The maximum Gasteiger partial charge on any atom is 0.161 e. The minimum Gasteiger partial charge on any atom is -0.504 e. The highest BCUT2D eigenvalue weighted by Crippen LogP contribution is 2.40. The lowest BCUT2D eigenvalue weighted by Crippen LogP contribution is -2.43. The van der Waals surface area contributed by atoms with Crippen molar-refractivity contribution in [3.63, 3.8) is 0 Å². The quantitative estimate of drug-likeness (QED) is 0.616. The molecule has 0 radical (unpaired) electrons. The van der Waals surface area contributed by atoms with Crippen LogP contribution in [-0.2, 0) is 6.42 Å². The van der Waals surface area contributed by atoms with Gasteiger partial charge in [-0.2, -0.15) is 0 Å². The summed E-state index contributed by atoms with van der Waals surface area (Å²) in [6.45, 7) is 0. The molecule has 19 heavy (non-hydrogen) atoms. The van der Waals surface area contributed by atoms with Gasteiger partial charge in [-0.05, 0) is 37.3 Å². The van der Waals surface area contributed by atoms with Crippen molar-refractivity contribution in [2.45, 2.75) is 56.7 Å². The van der Waals surface area contributed by atoms with Crippen molar-refractivity contribution in [1.82, 2.24) is 5.32 Å². The Bertz CT molecular complexity index is 469. The molecule has 0 heterocycles. The van der Waals surface area contributed by atoms with Gasteiger partial charge >= 0.3 is 0 Å². The molecule has 0 spiro atoms. The molecule has 0 bridgehead atoms. The zero-order chi connectivity index (χ0) is 13.4. The van der Waals surface area contributed by atoms with Crippen LogP contribution >= 0.6 is 0 Å². The summed E-state index contributed by atoms with van der Waals surface area (Å²) in [5.74, 6) is -0.177. The van der Waals surface area contributed by atoms with Crippen molar-refractivity contribution in [1.29, 1.82) is 0 Å². The van der Waals surface area contributed by atoms with Crippen LogP contribution in [-0.4, -0.2) is 27.4 Å². The van der Waals surface area contributed by atoms with Crippen molar-refractivity contribution in [3.8, 4) is 11.5 Å². The summed E-state index contributed by atoms with van der Waals surface area (Å²) in [5.41, 5.74) is 1.44. The molecule has 2 aliphatic carbocycles. The second-order valence-electron chi connectivity index (χ2n) is 5.74. The van der Waals surface area contributed by atoms with E-state index in [1.165, 1.54) is 31.7 Å². The molecule has 0 saturated heterocycles. The first-order valence-corrected chi connectivity index (χ1v) is 7.14. The summed E-state index contributed by atoms with van der Waals surface area (Å²) < 4.78 is 0. The third kappa shape index (κ3) is 2.30. The number of aliphatic hydroxyl groups excluding tert-OH is 1. The van der Waals surface area contributed by atoms with E-state index >= 15 is 0 Å². The van der Waals surface area contributed by atoms with Gasteiger partial charge in [0, 0.05) is 17.6 Å². The number of phenolic OH excluding ortho intramolecular Hbond substituents is 2. The average molecular weight is 263 g/mol. The fourth-order valence-corrected chi connectivity index (χ4v) is 3.42. The van der Waals surface area contributed by atoms with E-state index in [2.05, 4.69) is 5.32 Å². The van der Waals surface area contributed by atoms with Crippen LogP contribution in [0.15, 0.2) is 12.1 Å². The molecule has 4 heteroatoms. The molecule has 2 aliphatic rings. The monoisotopic (exact) mass is 263 g/mol. The summed E-state index contributed by atoms with van der Waals surface area (Å²) in [6.07, 6.45) is 5.81. The smallest absolute Gasteiger partial charge is 0.161 e. The standard InChI is InChI=1S/C15H21NO3/c17-13-8-6-10-11(15(13)19)5-7-12(14(10)18)16-9-3-1-2-4-9/h6,8-9,12,14,16-19H,1-5,7H2. The van der Waals surface area contributed by atoms with Crippen LogP contribution < -0.4 is 5.32 Å². The molecule has 1 aromatic carbocycles. The molecular weight excluding hydrogens is 242 g/mol. The lowest BCUT2D eigenvalue weighted by Gasteiger charge is -2.33. The second kappa shape index (κ2) is 5.02. The van der Waals surface area contributed by atoms with E-state index < -0.39 is 6.10 Å². The number of benzene rings is 1. The predicted molar refractivity (Wildman–Crippen MR) is 72.2 cm³/mol. The lowest BCUT2D eigenvalue weighted by molar-refractivity contribution is 0.107. The highest BCUT2D eigenvalue weighted by atomic mass is 16.3. The molecule has 0 aromatic heterocycles. The van der Waals surface area contributed by atoms with Crippen LogP contribution in [0.3, 0.4) is 0 Å². The lowest BCUT2D eigenvalue weighted by atomic mass is 9.84. The minimum absolute atomic E-state index is 0.0551. The van der Waals surface area contributed by atoms with Gasteiger partial charge in [0.2, 0.25) is 0 Å². The molecule has 0 amide bonds. The summed E-state index contributed by atoms with van der Waals surface area (Å²) >= 11 is 0. The molecule has 2 atom stereocenters. The normalized spacial score (nSPS) is 27.4. The average Bonchev–Trinajstić information content (AvgIpc) is 2.90. The Morgan fingerprint density at radius 2 is 1.79 bits per heavy atom. The van der Waals surface area contributed by atoms with Crippen molar-refractivity contribution < 1.29 is 15.3 Å². The van der Waals surface area contributed by atoms with E-state index in [-0.39, 0.29) is 17.5 Å². The first-order valence-electron chi connectivity index (χ1n) is 7.14. The molecule has 1 aromatic rings. The van der Waals surface area contributed by atoms with Crippen molar-refractivity contribution in [2.24, 2.45) is 0 Å². The zero-order valence-corrected chi connectivity index (χ0v) is 11.0. The van der Waals surface area contributed by atoms with Crippen LogP contribution in [0, 0.1) is 0 Å². The van der Waals surface area contributed by atoms with Crippen LogP contribution in [0.25, 0.3) is 0 Å². The Morgan fingerprint density at radius 3 is 2.53 bits per heavy atom. The van der Waals surface area contributed by atoms with Gasteiger partial charge in [0.25, 0.3) is 0 Å². The van der Waals surface area contributed by atoms with Crippen molar-refractivity contribution in [3.05, 3.63) is 23.3 Å². The van der Waals surface area contributed by atoms with Crippen molar-refractivity contribution in [2.75, 3.05) is 0 Å².